The molecule has 5 heteroatoms. The molecule has 0 aliphatic heterocycles. The van der Waals surface area contributed by atoms with Crippen LogP contribution in [-0.2, 0) is 16.1 Å². The van der Waals surface area contributed by atoms with Gasteiger partial charge in [0.2, 0.25) is 0 Å². The molecule has 0 unspecified atom stereocenters. The Morgan fingerprint density at radius 3 is 2.50 bits per heavy atom. The lowest BCUT2D eigenvalue weighted by atomic mass is 10.2. The molecular weight excluding hydrogens is 256 g/mol. The Morgan fingerprint density at radius 2 is 1.95 bits per heavy atom. The summed E-state index contributed by atoms with van der Waals surface area (Å²) in [7, 11) is 1.74. The predicted molar refractivity (Wildman–Crippen MR) is 78.6 cm³/mol. The second-order valence-corrected chi connectivity index (χ2v) is 4.87. The maximum Gasteiger partial charge on any atom is 0.260 e. The zero-order chi connectivity index (χ0) is 15.0. The summed E-state index contributed by atoms with van der Waals surface area (Å²) in [6, 6.07) is 7.41. The third-order valence-electron chi connectivity index (χ3n) is 2.83. The number of hydrogen-bond donors (Lipinski definition) is 1. The molecule has 0 aliphatic carbocycles. The maximum atomic E-state index is 11.8. The second-order valence-electron chi connectivity index (χ2n) is 4.87. The van der Waals surface area contributed by atoms with E-state index in [4.69, 9.17) is 15.2 Å². The van der Waals surface area contributed by atoms with Crippen molar-refractivity contribution in [1.29, 1.82) is 0 Å². The van der Waals surface area contributed by atoms with E-state index in [9.17, 15) is 4.79 Å². The Balaban J connectivity index is 2.30. The van der Waals surface area contributed by atoms with Gasteiger partial charge in [0, 0.05) is 20.1 Å². The quantitative estimate of drug-likeness (QED) is 0.782. The fourth-order valence-electron chi connectivity index (χ4n) is 1.53. The van der Waals surface area contributed by atoms with Crippen molar-refractivity contribution in [1.82, 2.24) is 4.90 Å². The molecule has 5 nitrogen and oxygen atoms in total. The van der Waals surface area contributed by atoms with Crippen molar-refractivity contribution >= 4 is 5.91 Å². The minimum atomic E-state index is -0.0692. The average molecular weight is 280 g/mol. The number of carbonyl (C=O) groups excluding carboxylic acids is 1. The number of ether oxygens (including phenoxy) is 2. The number of likely N-dealkylation sites (N-methyl/N-ethyl adjacent to an activating group) is 1. The lowest BCUT2D eigenvalue weighted by Gasteiger charge is -2.18. The van der Waals surface area contributed by atoms with E-state index >= 15 is 0 Å². The summed E-state index contributed by atoms with van der Waals surface area (Å²) in [5, 5.41) is 0. The SMILES string of the molecule is CC(C)OCCN(C)C(=O)COc1ccc(CN)cc1. The van der Waals surface area contributed by atoms with Gasteiger partial charge in [0.15, 0.2) is 6.61 Å². The summed E-state index contributed by atoms with van der Waals surface area (Å²) >= 11 is 0. The Kier molecular flexibility index (Phi) is 7.04. The number of hydrogen-bond acceptors (Lipinski definition) is 4. The molecule has 0 aromatic heterocycles. The first-order valence-corrected chi connectivity index (χ1v) is 6.80. The first kappa shape index (κ1) is 16.5. The molecule has 0 saturated heterocycles. The fourth-order valence-corrected chi connectivity index (χ4v) is 1.53. The second kappa shape index (κ2) is 8.55. The number of nitrogens with two attached hydrogens (primary N) is 1. The first-order valence-electron chi connectivity index (χ1n) is 6.80. The van der Waals surface area contributed by atoms with E-state index in [1.165, 1.54) is 0 Å². The van der Waals surface area contributed by atoms with Crippen LogP contribution in [0.2, 0.25) is 0 Å². The van der Waals surface area contributed by atoms with Crippen LogP contribution in [0.25, 0.3) is 0 Å². The summed E-state index contributed by atoms with van der Waals surface area (Å²) in [5.74, 6) is 0.600. The van der Waals surface area contributed by atoms with Gasteiger partial charge in [-0.05, 0) is 31.5 Å². The van der Waals surface area contributed by atoms with E-state index in [1.54, 1.807) is 11.9 Å². The topological polar surface area (TPSA) is 64.8 Å². The average Bonchev–Trinajstić information content (AvgIpc) is 2.44. The number of amides is 1. The smallest absolute Gasteiger partial charge is 0.260 e. The van der Waals surface area contributed by atoms with Gasteiger partial charge in [0.1, 0.15) is 5.75 Å². The molecule has 0 bridgehead atoms. The molecule has 0 spiro atoms. The van der Waals surface area contributed by atoms with E-state index in [-0.39, 0.29) is 18.6 Å². The van der Waals surface area contributed by atoms with Crippen LogP contribution in [-0.4, -0.2) is 43.7 Å². The number of nitrogens with zero attached hydrogens (tertiary/aromatic N) is 1. The van der Waals surface area contributed by atoms with Gasteiger partial charge in [-0.25, -0.2) is 0 Å². The Labute approximate surface area is 120 Å². The van der Waals surface area contributed by atoms with Gasteiger partial charge < -0.3 is 20.1 Å². The van der Waals surface area contributed by atoms with Crippen molar-refractivity contribution < 1.29 is 14.3 Å². The lowest BCUT2D eigenvalue weighted by molar-refractivity contribution is -0.132. The molecular formula is C15H24N2O3. The summed E-state index contributed by atoms with van der Waals surface area (Å²) < 4.78 is 10.8. The molecule has 1 amide bonds. The van der Waals surface area contributed by atoms with Gasteiger partial charge in [-0.3, -0.25) is 4.79 Å². The van der Waals surface area contributed by atoms with Crippen LogP contribution in [0.15, 0.2) is 24.3 Å². The third-order valence-corrected chi connectivity index (χ3v) is 2.83. The van der Waals surface area contributed by atoms with Crippen molar-refractivity contribution in [2.45, 2.75) is 26.5 Å². The van der Waals surface area contributed by atoms with Crippen LogP contribution in [0.1, 0.15) is 19.4 Å². The molecule has 1 rings (SSSR count). The van der Waals surface area contributed by atoms with Gasteiger partial charge in [-0.1, -0.05) is 12.1 Å². The highest BCUT2D eigenvalue weighted by molar-refractivity contribution is 5.77. The fraction of sp³-hybridized carbons (Fsp3) is 0.533. The normalized spacial score (nSPS) is 10.7. The largest absolute Gasteiger partial charge is 0.484 e. The summed E-state index contributed by atoms with van der Waals surface area (Å²) in [6.07, 6.45) is 0.177. The molecule has 1 aromatic carbocycles. The highest BCUT2D eigenvalue weighted by atomic mass is 16.5. The van der Waals surface area contributed by atoms with Gasteiger partial charge in [-0.15, -0.1) is 0 Å². The highest BCUT2D eigenvalue weighted by Crippen LogP contribution is 2.11. The van der Waals surface area contributed by atoms with Crippen LogP contribution in [0.5, 0.6) is 5.75 Å². The highest BCUT2D eigenvalue weighted by Gasteiger charge is 2.09. The van der Waals surface area contributed by atoms with Crippen molar-refractivity contribution in [3.8, 4) is 5.75 Å². The van der Waals surface area contributed by atoms with Crippen molar-refractivity contribution in [3.63, 3.8) is 0 Å². The van der Waals surface area contributed by atoms with Gasteiger partial charge in [-0.2, -0.15) is 0 Å². The van der Waals surface area contributed by atoms with Crippen molar-refractivity contribution in [2.24, 2.45) is 5.73 Å². The van der Waals surface area contributed by atoms with Gasteiger partial charge in [0.05, 0.1) is 12.7 Å². The van der Waals surface area contributed by atoms with Crippen molar-refractivity contribution in [3.05, 3.63) is 29.8 Å². The predicted octanol–water partition coefficient (Wildman–Crippen LogP) is 1.41. The van der Waals surface area contributed by atoms with Crippen LogP contribution in [0.4, 0.5) is 0 Å². The Hall–Kier alpha value is -1.59. The molecule has 112 valence electrons. The molecule has 0 aliphatic rings. The standard InChI is InChI=1S/C15H24N2O3/c1-12(2)19-9-8-17(3)15(18)11-20-14-6-4-13(10-16)5-7-14/h4-7,12H,8-11,16H2,1-3H3. The Bertz CT molecular complexity index is 404. The molecule has 2 N–H and O–H groups in total. The van der Waals surface area contributed by atoms with E-state index < -0.39 is 0 Å². The van der Waals surface area contributed by atoms with Crippen molar-refractivity contribution in [2.75, 3.05) is 26.8 Å². The van der Waals surface area contributed by atoms with Crippen LogP contribution < -0.4 is 10.5 Å². The van der Waals surface area contributed by atoms with Crippen LogP contribution in [0.3, 0.4) is 0 Å². The minimum absolute atomic E-state index is 0.0279. The number of rotatable bonds is 8. The number of carbonyl (C=O) groups is 1. The molecule has 0 saturated carbocycles. The lowest BCUT2D eigenvalue weighted by Crippen LogP contribution is -2.34. The minimum Gasteiger partial charge on any atom is -0.484 e. The summed E-state index contributed by atoms with van der Waals surface area (Å²) in [6.45, 7) is 5.56. The maximum absolute atomic E-state index is 11.8. The zero-order valence-electron chi connectivity index (χ0n) is 12.5. The van der Waals surface area contributed by atoms with Crippen LogP contribution in [0, 0.1) is 0 Å². The summed E-state index contributed by atoms with van der Waals surface area (Å²) in [4.78, 5) is 13.4. The van der Waals surface area contributed by atoms with Gasteiger partial charge in [0.25, 0.3) is 5.91 Å². The molecule has 0 radical (unpaired) electrons. The van der Waals surface area contributed by atoms with E-state index in [2.05, 4.69) is 0 Å². The van der Waals surface area contributed by atoms with Crippen LogP contribution >= 0.6 is 0 Å². The van der Waals surface area contributed by atoms with Gasteiger partial charge >= 0.3 is 0 Å². The third kappa shape index (κ3) is 6.04. The number of benzene rings is 1. The van der Waals surface area contributed by atoms with E-state index in [0.29, 0.717) is 25.4 Å². The van der Waals surface area contributed by atoms with E-state index in [0.717, 1.165) is 5.56 Å². The zero-order valence-corrected chi connectivity index (χ0v) is 12.5. The molecule has 1 aromatic rings. The molecule has 0 heterocycles. The first-order chi connectivity index (χ1) is 9.52. The molecule has 0 atom stereocenters. The van der Waals surface area contributed by atoms with E-state index in [1.807, 2.05) is 38.1 Å². The molecule has 20 heavy (non-hydrogen) atoms. The molecule has 0 fully saturated rings. The Morgan fingerprint density at radius 1 is 1.30 bits per heavy atom. The monoisotopic (exact) mass is 280 g/mol. The summed E-state index contributed by atoms with van der Waals surface area (Å²) in [5.41, 5.74) is 6.55.